The zero-order chi connectivity index (χ0) is 14.9. The fourth-order valence-corrected chi connectivity index (χ4v) is 3.91. The predicted octanol–water partition coefficient (Wildman–Crippen LogP) is 3.75. The van der Waals surface area contributed by atoms with Gasteiger partial charge in [0, 0.05) is 16.4 Å². The number of carbonyl (C=O) groups is 1. The van der Waals surface area contributed by atoms with E-state index in [1.807, 2.05) is 6.07 Å². The summed E-state index contributed by atoms with van der Waals surface area (Å²) in [6, 6.07) is 8.81. The Bertz CT molecular complexity index is 533. The van der Waals surface area contributed by atoms with Gasteiger partial charge >= 0.3 is 0 Å². The van der Waals surface area contributed by atoms with Gasteiger partial charge in [-0.15, -0.1) is 12.4 Å². The van der Waals surface area contributed by atoms with Crippen molar-refractivity contribution in [1.29, 1.82) is 0 Å². The van der Waals surface area contributed by atoms with E-state index in [-0.39, 0.29) is 29.8 Å². The lowest BCUT2D eigenvalue weighted by Crippen LogP contribution is -2.54. The Morgan fingerprint density at radius 2 is 2.18 bits per heavy atom. The molecule has 3 rings (SSSR count). The first-order valence-corrected chi connectivity index (χ1v) is 8.70. The molecule has 5 heteroatoms. The number of hydrogen-bond donors (Lipinski definition) is 2. The number of halogens is 2. The van der Waals surface area contributed by atoms with Crippen LogP contribution in [0.1, 0.15) is 44.6 Å². The second-order valence-electron chi connectivity index (χ2n) is 6.51. The fourth-order valence-electron chi connectivity index (χ4n) is 3.51. The zero-order valence-electron chi connectivity index (χ0n) is 12.9. The summed E-state index contributed by atoms with van der Waals surface area (Å²) in [5.41, 5.74) is 1.10. The van der Waals surface area contributed by atoms with E-state index < -0.39 is 0 Å². The van der Waals surface area contributed by atoms with Gasteiger partial charge in [-0.2, -0.15) is 0 Å². The first-order valence-electron chi connectivity index (χ1n) is 7.90. The third kappa shape index (κ3) is 3.66. The van der Waals surface area contributed by atoms with Gasteiger partial charge in [-0.1, -0.05) is 28.1 Å². The number of nitrogens with one attached hydrogen (secondary N) is 2. The van der Waals surface area contributed by atoms with Crippen molar-refractivity contribution in [2.75, 3.05) is 6.54 Å². The lowest BCUT2D eigenvalue weighted by Gasteiger charge is -2.44. The highest BCUT2D eigenvalue weighted by Gasteiger charge is 2.41. The van der Waals surface area contributed by atoms with Crippen molar-refractivity contribution in [2.45, 2.75) is 50.6 Å². The lowest BCUT2D eigenvalue weighted by atomic mass is 9.71. The zero-order valence-corrected chi connectivity index (χ0v) is 15.3. The van der Waals surface area contributed by atoms with Crippen LogP contribution in [0, 0.1) is 5.92 Å². The first kappa shape index (κ1) is 17.8. The molecule has 1 aliphatic heterocycles. The molecule has 0 unspecified atom stereocenters. The molecule has 2 N–H and O–H groups in total. The summed E-state index contributed by atoms with van der Waals surface area (Å²) in [5, 5.41) is 6.79. The van der Waals surface area contributed by atoms with Crippen molar-refractivity contribution < 1.29 is 4.79 Å². The number of rotatable bonds is 3. The van der Waals surface area contributed by atoms with Gasteiger partial charge in [0.1, 0.15) is 0 Å². The van der Waals surface area contributed by atoms with Gasteiger partial charge in [0.2, 0.25) is 5.91 Å². The van der Waals surface area contributed by atoms with E-state index in [0.717, 1.165) is 36.7 Å². The second-order valence-corrected chi connectivity index (χ2v) is 7.43. The Morgan fingerprint density at radius 1 is 1.41 bits per heavy atom. The van der Waals surface area contributed by atoms with E-state index in [0.29, 0.717) is 6.04 Å². The molecule has 2 aliphatic rings. The summed E-state index contributed by atoms with van der Waals surface area (Å²) < 4.78 is 1.08. The summed E-state index contributed by atoms with van der Waals surface area (Å²) in [6.45, 7) is 3.11. The third-order valence-electron chi connectivity index (χ3n) is 4.94. The molecule has 0 aromatic heterocycles. The largest absolute Gasteiger partial charge is 0.346 e. The van der Waals surface area contributed by atoms with Crippen LogP contribution in [0.2, 0.25) is 0 Å². The smallest absolute Gasteiger partial charge is 0.223 e. The maximum atomic E-state index is 12.7. The molecule has 1 aliphatic carbocycles. The second kappa shape index (κ2) is 7.33. The van der Waals surface area contributed by atoms with E-state index in [1.165, 1.54) is 12.0 Å². The molecule has 122 valence electrons. The minimum atomic E-state index is -0.130. The van der Waals surface area contributed by atoms with Crippen molar-refractivity contribution in [2.24, 2.45) is 5.92 Å². The van der Waals surface area contributed by atoms with Crippen LogP contribution in [-0.2, 0) is 10.3 Å². The van der Waals surface area contributed by atoms with Crippen molar-refractivity contribution in [1.82, 2.24) is 10.6 Å². The van der Waals surface area contributed by atoms with E-state index in [1.54, 1.807) is 0 Å². The van der Waals surface area contributed by atoms with E-state index in [9.17, 15) is 4.79 Å². The van der Waals surface area contributed by atoms with Gasteiger partial charge in [0.15, 0.2) is 0 Å². The number of carbonyl (C=O) groups excluding carboxylic acids is 1. The summed E-state index contributed by atoms with van der Waals surface area (Å²) in [6.07, 6.45) is 5.19. The number of piperidine rings is 1. The van der Waals surface area contributed by atoms with Crippen LogP contribution in [0.5, 0.6) is 0 Å². The molecule has 1 aromatic carbocycles. The van der Waals surface area contributed by atoms with Gasteiger partial charge in [0.05, 0.1) is 5.54 Å². The Balaban J connectivity index is 0.00000176. The van der Waals surface area contributed by atoms with Crippen LogP contribution in [0.15, 0.2) is 28.7 Å². The van der Waals surface area contributed by atoms with Crippen molar-refractivity contribution >= 4 is 34.2 Å². The maximum absolute atomic E-state index is 12.7. The van der Waals surface area contributed by atoms with E-state index >= 15 is 0 Å². The summed E-state index contributed by atoms with van der Waals surface area (Å²) >= 11 is 3.54. The molecule has 22 heavy (non-hydrogen) atoms. The predicted molar refractivity (Wildman–Crippen MR) is 95.3 cm³/mol. The molecule has 1 heterocycles. The Kier molecular flexibility index (Phi) is 5.92. The highest BCUT2D eigenvalue weighted by atomic mass is 79.9. The molecular formula is C17H24BrClN2O. The Hall–Kier alpha value is -0.580. The highest BCUT2D eigenvalue weighted by Crippen LogP contribution is 2.42. The average Bonchev–Trinajstić information content (AvgIpc) is 2.42. The lowest BCUT2D eigenvalue weighted by molar-refractivity contribution is -0.129. The number of amides is 1. The quantitative estimate of drug-likeness (QED) is 0.829. The molecule has 0 spiro atoms. The van der Waals surface area contributed by atoms with Crippen LogP contribution < -0.4 is 10.6 Å². The summed E-state index contributed by atoms with van der Waals surface area (Å²) in [4.78, 5) is 12.7. The van der Waals surface area contributed by atoms with Gasteiger partial charge in [-0.3, -0.25) is 4.79 Å². The normalized spacial score (nSPS) is 26.5. The van der Waals surface area contributed by atoms with Crippen molar-refractivity contribution in [3.8, 4) is 0 Å². The molecule has 1 saturated heterocycles. The van der Waals surface area contributed by atoms with E-state index in [2.05, 4.69) is 51.7 Å². The van der Waals surface area contributed by atoms with Crippen LogP contribution in [0.4, 0.5) is 0 Å². The number of hydrogen-bond acceptors (Lipinski definition) is 2. The fraction of sp³-hybridized carbons (Fsp3) is 0.588. The average molecular weight is 388 g/mol. The van der Waals surface area contributed by atoms with Gasteiger partial charge in [-0.25, -0.2) is 0 Å². The molecule has 3 nitrogen and oxygen atoms in total. The molecule has 1 amide bonds. The Labute approximate surface area is 147 Å². The Morgan fingerprint density at radius 3 is 2.77 bits per heavy atom. The molecule has 0 bridgehead atoms. The van der Waals surface area contributed by atoms with Crippen LogP contribution in [0.25, 0.3) is 0 Å². The first-order chi connectivity index (χ1) is 10.1. The molecule has 1 aromatic rings. The van der Waals surface area contributed by atoms with Crippen LogP contribution in [-0.4, -0.2) is 18.5 Å². The molecule has 1 saturated carbocycles. The minimum absolute atomic E-state index is 0. The van der Waals surface area contributed by atoms with E-state index in [4.69, 9.17) is 0 Å². The van der Waals surface area contributed by atoms with Crippen LogP contribution >= 0.6 is 28.3 Å². The molecule has 2 atom stereocenters. The topological polar surface area (TPSA) is 41.1 Å². The summed E-state index contributed by atoms with van der Waals surface area (Å²) in [7, 11) is 0. The SMILES string of the molecule is C[C@H]1C[C@@H](C(=O)NC2(c3cccc(Br)c3)CCC2)CCN1.Cl. The van der Waals surface area contributed by atoms with Gasteiger partial charge in [0.25, 0.3) is 0 Å². The van der Waals surface area contributed by atoms with Gasteiger partial charge < -0.3 is 10.6 Å². The highest BCUT2D eigenvalue weighted by molar-refractivity contribution is 9.10. The summed E-state index contributed by atoms with van der Waals surface area (Å²) in [5.74, 6) is 0.397. The monoisotopic (exact) mass is 386 g/mol. The standard InChI is InChI=1S/C17H23BrN2O.ClH/c1-12-10-13(6-9-19-12)16(21)20-17(7-3-8-17)14-4-2-5-15(18)11-14;/h2,4-5,11-13,19H,3,6-10H2,1H3,(H,20,21);1H/t12-,13-;/m0./s1. The minimum Gasteiger partial charge on any atom is -0.346 e. The molecule has 0 radical (unpaired) electrons. The molecule has 2 fully saturated rings. The van der Waals surface area contributed by atoms with Gasteiger partial charge in [-0.05, 0) is 63.3 Å². The molecular weight excluding hydrogens is 364 g/mol. The third-order valence-corrected chi connectivity index (χ3v) is 5.43. The van der Waals surface area contributed by atoms with Crippen LogP contribution in [0.3, 0.4) is 0 Å². The van der Waals surface area contributed by atoms with Crippen molar-refractivity contribution in [3.63, 3.8) is 0 Å². The van der Waals surface area contributed by atoms with Crippen molar-refractivity contribution in [3.05, 3.63) is 34.3 Å². The maximum Gasteiger partial charge on any atom is 0.223 e. The number of benzene rings is 1.